The van der Waals surface area contributed by atoms with Gasteiger partial charge in [0.2, 0.25) is 5.91 Å². The molecule has 1 aliphatic carbocycles. The first kappa shape index (κ1) is 16.4. The van der Waals surface area contributed by atoms with Crippen molar-refractivity contribution in [3.63, 3.8) is 0 Å². The van der Waals surface area contributed by atoms with E-state index in [1.165, 1.54) is 25.7 Å². The van der Waals surface area contributed by atoms with Crippen molar-refractivity contribution in [3.8, 4) is 0 Å². The average Bonchev–Trinajstić information content (AvgIpc) is 2.40. The molecule has 0 atom stereocenters. The van der Waals surface area contributed by atoms with Crippen LogP contribution in [-0.2, 0) is 9.53 Å². The molecule has 2 N–H and O–H groups in total. The molecule has 0 bridgehead atoms. The lowest BCUT2D eigenvalue weighted by Crippen LogP contribution is -2.45. The summed E-state index contributed by atoms with van der Waals surface area (Å²) in [7, 11) is 3.69. The van der Waals surface area contributed by atoms with Gasteiger partial charge in [-0.2, -0.15) is 0 Å². The van der Waals surface area contributed by atoms with Gasteiger partial charge in [0.05, 0.1) is 13.2 Å². The zero-order valence-electron chi connectivity index (χ0n) is 12.6. The van der Waals surface area contributed by atoms with Gasteiger partial charge in [-0.15, -0.1) is 0 Å². The largest absolute Gasteiger partial charge is 0.383 e. The Kier molecular flexibility index (Phi) is 8.02. The van der Waals surface area contributed by atoms with Crippen molar-refractivity contribution in [2.45, 2.75) is 44.7 Å². The number of nitrogens with one attached hydrogen (secondary N) is 2. The van der Waals surface area contributed by atoms with E-state index in [1.54, 1.807) is 7.11 Å². The van der Waals surface area contributed by atoms with E-state index < -0.39 is 0 Å². The van der Waals surface area contributed by atoms with Crippen LogP contribution >= 0.6 is 0 Å². The van der Waals surface area contributed by atoms with Gasteiger partial charge in [-0.05, 0) is 39.3 Å². The molecule has 1 saturated carbocycles. The van der Waals surface area contributed by atoms with E-state index in [1.807, 2.05) is 7.05 Å². The first-order valence-electron chi connectivity index (χ1n) is 7.36. The van der Waals surface area contributed by atoms with Gasteiger partial charge in [0.25, 0.3) is 0 Å². The van der Waals surface area contributed by atoms with Crippen LogP contribution in [-0.4, -0.2) is 63.3 Å². The number of hydrogen-bond acceptors (Lipinski definition) is 4. The fraction of sp³-hybridized carbons (Fsp3) is 0.929. The second-order valence-electron chi connectivity index (χ2n) is 5.32. The van der Waals surface area contributed by atoms with Gasteiger partial charge >= 0.3 is 0 Å². The monoisotopic (exact) mass is 271 g/mol. The minimum Gasteiger partial charge on any atom is -0.383 e. The molecule has 1 amide bonds. The molecule has 19 heavy (non-hydrogen) atoms. The molecule has 1 rings (SSSR count). The van der Waals surface area contributed by atoms with Crippen LogP contribution in [0.3, 0.4) is 0 Å². The highest BCUT2D eigenvalue weighted by Gasteiger charge is 2.24. The first-order chi connectivity index (χ1) is 9.17. The highest BCUT2D eigenvalue weighted by atomic mass is 16.5. The zero-order valence-corrected chi connectivity index (χ0v) is 12.6. The summed E-state index contributed by atoms with van der Waals surface area (Å²) in [5.41, 5.74) is 0. The lowest BCUT2D eigenvalue weighted by Gasteiger charge is -2.34. The smallest absolute Gasteiger partial charge is 0.234 e. The molecule has 0 aromatic carbocycles. The van der Waals surface area contributed by atoms with Gasteiger partial charge < -0.3 is 15.4 Å². The molecule has 112 valence electrons. The number of likely N-dealkylation sites (N-methyl/N-ethyl adjacent to an activating group) is 1. The molecule has 0 saturated heterocycles. The van der Waals surface area contributed by atoms with Gasteiger partial charge in [-0.3, -0.25) is 9.69 Å². The summed E-state index contributed by atoms with van der Waals surface area (Å²) in [5.74, 6) is 0.0911. The zero-order chi connectivity index (χ0) is 14.1. The van der Waals surface area contributed by atoms with Gasteiger partial charge in [0, 0.05) is 25.7 Å². The molecular weight excluding hydrogens is 242 g/mol. The van der Waals surface area contributed by atoms with Crippen LogP contribution in [0.25, 0.3) is 0 Å². The predicted octanol–water partition coefficient (Wildman–Crippen LogP) is 0.602. The van der Waals surface area contributed by atoms with Crippen molar-refractivity contribution >= 4 is 5.91 Å². The second-order valence-corrected chi connectivity index (χ2v) is 5.32. The Bertz CT molecular complexity index is 253. The van der Waals surface area contributed by atoms with Gasteiger partial charge in [-0.1, -0.05) is 6.92 Å². The first-order valence-corrected chi connectivity index (χ1v) is 7.36. The lowest BCUT2D eigenvalue weighted by atomic mass is 9.90. The molecule has 0 aromatic rings. The number of methoxy groups -OCH3 is 1. The lowest BCUT2D eigenvalue weighted by molar-refractivity contribution is -0.122. The van der Waals surface area contributed by atoms with E-state index in [0.29, 0.717) is 31.8 Å². The molecule has 0 aromatic heterocycles. The summed E-state index contributed by atoms with van der Waals surface area (Å²) in [4.78, 5) is 13.9. The summed E-state index contributed by atoms with van der Waals surface area (Å²) in [6.07, 6.45) is 4.79. The number of hydrogen-bond donors (Lipinski definition) is 2. The van der Waals surface area contributed by atoms with E-state index >= 15 is 0 Å². The van der Waals surface area contributed by atoms with E-state index in [4.69, 9.17) is 4.74 Å². The fourth-order valence-corrected chi connectivity index (χ4v) is 2.71. The fourth-order valence-electron chi connectivity index (χ4n) is 2.71. The standard InChI is InChI=1S/C14H29N3O2/c1-4-15-12-5-7-13(8-6-12)17(2)11-14(18)16-9-10-19-3/h12-13,15H,4-11H2,1-3H3,(H,16,18). The van der Waals surface area contributed by atoms with Crippen molar-refractivity contribution in [2.24, 2.45) is 0 Å². The minimum absolute atomic E-state index is 0.0911. The molecule has 5 heteroatoms. The van der Waals surface area contributed by atoms with Crippen LogP contribution in [0.1, 0.15) is 32.6 Å². The third-order valence-electron chi connectivity index (χ3n) is 3.83. The second kappa shape index (κ2) is 9.28. The number of nitrogens with zero attached hydrogens (tertiary/aromatic N) is 1. The van der Waals surface area contributed by atoms with Crippen LogP contribution < -0.4 is 10.6 Å². The average molecular weight is 271 g/mol. The molecular formula is C14H29N3O2. The Morgan fingerprint density at radius 1 is 1.32 bits per heavy atom. The Morgan fingerprint density at radius 3 is 2.58 bits per heavy atom. The highest BCUT2D eigenvalue weighted by molar-refractivity contribution is 5.77. The number of ether oxygens (including phenoxy) is 1. The topological polar surface area (TPSA) is 53.6 Å². The maximum atomic E-state index is 11.7. The minimum atomic E-state index is 0.0911. The van der Waals surface area contributed by atoms with Crippen molar-refractivity contribution in [2.75, 3.05) is 40.4 Å². The summed E-state index contributed by atoms with van der Waals surface area (Å²) >= 11 is 0. The summed E-state index contributed by atoms with van der Waals surface area (Å²) in [5, 5.41) is 6.37. The molecule has 0 radical (unpaired) electrons. The van der Waals surface area contributed by atoms with Gasteiger partial charge in [-0.25, -0.2) is 0 Å². The number of amides is 1. The number of rotatable bonds is 8. The van der Waals surface area contributed by atoms with E-state index in [2.05, 4.69) is 22.5 Å². The third kappa shape index (κ3) is 6.36. The Labute approximate surface area is 117 Å². The van der Waals surface area contributed by atoms with E-state index in [0.717, 1.165) is 6.54 Å². The van der Waals surface area contributed by atoms with Crippen molar-refractivity contribution in [1.82, 2.24) is 15.5 Å². The van der Waals surface area contributed by atoms with Crippen LogP contribution in [0.2, 0.25) is 0 Å². The van der Waals surface area contributed by atoms with Gasteiger partial charge in [0.1, 0.15) is 0 Å². The van der Waals surface area contributed by atoms with Gasteiger partial charge in [0.15, 0.2) is 0 Å². The maximum Gasteiger partial charge on any atom is 0.234 e. The van der Waals surface area contributed by atoms with Crippen LogP contribution in [0.5, 0.6) is 0 Å². The number of carbonyl (C=O) groups excluding carboxylic acids is 1. The molecule has 0 heterocycles. The van der Waals surface area contributed by atoms with E-state index in [-0.39, 0.29) is 5.91 Å². The van der Waals surface area contributed by atoms with Crippen molar-refractivity contribution in [3.05, 3.63) is 0 Å². The van der Waals surface area contributed by atoms with E-state index in [9.17, 15) is 4.79 Å². The summed E-state index contributed by atoms with van der Waals surface area (Å²) < 4.78 is 4.91. The molecule has 0 aliphatic heterocycles. The SMILES string of the molecule is CCNC1CCC(N(C)CC(=O)NCCOC)CC1. The summed E-state index contributed by atoms with van der Waals surface area (Å²) in [6, 6.07) is 1.22. The summed E-state index contributed by atoms with van der Waals surface area (Å²) in [6.45, 7) is 4.86. The highest BCUT2D eigenvalue weighted by Crippen LogP contribution is 2.22. The maximum absolute atomic E-state index is 11.7. The van der Waals surface area contributed by atoms with Crippen LogP contribution in [0.15, 0.2) is 0 Å². The van der Waals surface area contributed by atoms with Crippen LogP contribution in [0, 0.1) is 0 Å². The Balaban J connectivity index is 2.19. The molecule has 0 unspecified atom stereocenters. The van der Waals surface area contributed by atoms with Crippen LogP contribution in [0.4, 0.5) is 0 Å². The predicted molar refractivity (Wildman–Crippen MR) is 77.2 cm³/mol. The normalized spacial score (nSPS) is 23.6. The number of carbonyl (C=O) groups is 1. The Morgan fingerprint density at radius 2 is 2.00 bits per heavy atom. The van der Waals surface area contributed by atoms with Crippen molar-refractivity contribution in [1.29, 1.82) is 0 Å². The third-order valence-corrected chi connectivity index (χ3v) is 3.83. The molecule has 5 nitrogen and oxygen atoms in total. The Hall–Kier alpha value is -0.650. The quantitative estimate of drug-likeness (QED) is 0.635. The molecule has 0 spiro atoms. The molecule has 1 aliphatic rings. The molecule has 1 fully saturated rings. The van der Waals surface area contributed by atoms with Crippen molar-refractivity contribution < 1.29 is 9.53 Å².